The molecule has 0 aromatic heterocycles. The number of halogens is 1. The molecule has 1 aliphatic heterocycles. The van der Waals surface area contributed by atoms with Crippen molar-refractivity contribution in [3.05, 3.63) is 100 Å². The van der Waals surface area contributed by atoms with Crippen LogP contribution < -0.4 is 10.1 Å². The number of nitrogens with zero attached hydrogens (tertiary/aromatic N) is 1. The molecule has 4 rings (SSSR count). The molecule has 1 saturated heterocycles. The van der Waals surface area contributed by atoms with Gasteiger partial charge in [-0.05, 0) is 59.5 Å². The predicted molar refractivity (Wildman–Crippen MR) is 137 cm³/mol. The van der Waals surface area contributed by atoms with Gasteiger partial charge in [0.2, 0.25) is 5.91 Å². The Morgan fingerprint density at radius 1 is 1.09 bits per heavy atom. The second kappa shape index (κ2) is 11.0. The Morgan fingerprint density at radius 2 is 1.76 bits per heavy atom. The highest BCUT2D eigenvalue weighted by Crippen LogP contribution is 2.39. The van der Waals surface area contributed by atoms with Crippen LogP contribution in [0.15, 0.2) is 72.8 Å². The number of ether oxygens (including phenoxy) is 1. The van der Waals surface area contributed by atoms with Crippen LogP contribution in [0.2, 0.25) is 5.02 Å². The summed E-state index contributed by atoms with van der Waals surface area (Å²) in [5, 5.41) is 3.71. The number of methoxy groups -OCH3 is 1. The van der Waals surface area contributed by atoms with Gasteiger partial charge in [0.25, 0.3) is 5.91 Å². The van der Waals surface area contributed by atoms with Crippen LogP contribution in [-0.4, -0.2) is 29.6 Å². The quantitative estimate of drug-likeness (QED) is 0.417. The zero-order chi connectivity index (χ0) is 24.1. The maximum Gasteiger partial charge on any atom is 0.251 e. The third kappa shape index (κ3) is 5.57. The van der Waals surface area contributed by atoms with E-state index in [0.29, 0.717) is 22.9 Å². The maximum absolute atomic E-state index is 12.9. The number of carbonyl (C=O) groups excluding carboxylic acids is 2. The molecule has 2 amide bonds. The lowest BCUT2D eigenvalue weighted by Gasteiger charge is -2.24. The summed E-state index contributed by atoms with van der Waals surface area (Å²) in [6.45, 7) is 2.57. The zero-order valence-corrected chi connectivity index (χ0v) is 20.7. The number of hydrogen-bond donors (Lipinski definition) is 1. The number of amides is 2. The van der Waals surface area contributed by atoms with Gasteiger partial charge in [-0.15, -0.1) is 11.8 Å². The first-order valence-corrected chi connectivity index (χ1v) is 12.6. The second-order valence-electron chi connectivity index (χ2n) is 8.14. The van der Waals surface area contributed by atoms with E-state index in [1.54, 1.807) is 18.9 Å². The van der Waals surface area contributed by atoms with Crippen molar-refractivity contribution >= 4 is 35.2 Å². The summed E-state index contributed by atoms with van der Waals surface area (Å²) in [5.41, 5.74) is 3.66. The van der Waals surface area contributed by atoms with Crippen molar-refractivity contribution in [3.8, 4) is 5.75 Å². The van der Waals surface area contributed by atoms with E-state index < -0.39 is 0 Å². The number of carbonyl (C=O) groups is 2. The third-order valence-electron chi connectivity index (χ3n) is 5.92. The van der Waals surface area contributed by atoms with E-state index in [-0.39, 0.29) is 23.2 Å². The lowest BCUT2D eigenvalue weighted by Crippen LogP contribution is -2.28. The van der Waals surface area contributed by atoms with Crippen molar-refractivity contribution in [2.75, 3.05) is 12.9 Å². The smallest absolute Gasteiger partial charge is 0.251 e. The van der Waals surface area contributed by atoms with Gasteiger partial charge in [-0.2, -0.15) is 0 Å². The Hall–Kier alpha value is -2.96. The van der Waals surface area contributed by atoms with Crippen molar-refractivity contribution in [2.24, 2.45) is 0 Å². The average molecular weight is 495 g/mol. The Bertz CT molecular complexity index is 1130. The molecule has 3 aromatic rings. The topological polar surface area (TPSA) is 58.6 Å². The van der Waals surface area contributed by atoms with E-state index in [1.807, 2.05) is 84.6 Å². The molecule has 0 bridgehead atoms. The molecule has 7 heteroatoms. The fourth-order valence-electron chi connectivity index (χ4n) is 3.99. The van der Waals surface area contributed by atoms with Gasteiger partial charge in [-0.3, -0.25) is 9.59 Å². The molecule has 1 heterocycles. The highest BCUT2D eigenvalue weighted by atomic mass is 35.5. The van der Waals surface area contributed by atoms with Gasteiger partial charge in [0.15, 0.2) is 0 Å². The molecule has 0 saturated carbocycles. The minimum atomic E-state index is -0.123. The standard InChI is InChI=1S/C27H27ClN2O3S/c1-3-24(19-10-14-23(33-2)15-11-19)29-26(32)20-6-8-21(9-7-20)27-30(25(31)17-34-27)16-18-4-12-22(28)13-5-18/h4-15,24,27H,3,16-17H2,1-2H3,(H,29,32)/t24-,27-/m0/s1. The predicted octanol–water partition coefficient (Wildman–Crippen LogP) is 6.00. The third-order valence-corrected chi connectivity index (χ3v) is 7.43. The van der Waals surface area contributed by atoms with Gasteiger partial charge in [0.05, 0.1) is 18.9 Å². The normalized spacial score (nSPS) is 16.4. The van der Waals surface area contributed by atoms with Crippen molar-refractivity contribution < 1.29 is 14.3 Å². The van der Waals surface area contributed by atoms with Crippen LogP contribution in [-0.2, 0) is 11.3 Å². The average Bonchev–Trinajstić information content (AvgIpc) is 3.23. The number of thioether (sulfide) groups is 1. The Morgan fingerprint density at radius 3 is 2.38 bits per heavy atom. The SMILES string of the molecule is CC[C@H](NC(=O)c1ccc([C@@H]2SCC(=O)N2Cc2ccc(Cl)cc2)cc1)c1ccc(OC)cc1. The highest BCUT2D eigenvalue weighted by Gasteiger charge is 2.32. The molecule has 0 aliphatic carbocycles. The fraction of sp³-hybridized carbons (Fsp3) is 0.259. The van der Waals surface area contributed by atoms with Crippen LogP contribution in [0, 0.1) is 0 Å². The molecular formula is C27H27ClN2O3S. The van der Waals surface area contributed by atoms with Gasteiger partial charge in [0, 0.05) is 17.1 Å². The van der Waals surface area contributed by atoms with Crippen LogP contribution in [0.1, 0.15) is 51.8 Å². The van der Waals surface area contributed by atoms with Crippen molar-refractivity contribution in [2.45, 2.75) is 31.3 Å². The lowest BCUT2D eigenvalue weighted by atomic mass is 10.0. The van der Waals surface area contributed by atoms with Crippen LogP contribution in [0.25, 0.3) is 0 Å². The Balaban J connectivity index is 1.44. The molecule has 34 heavy (non-hydrogen) atoms. The Labute approximate surface area is 209 Å². The fourth-order valence-corrected chi connectivity index (χ4v) is 5.30. The summed E-state index contributed by atoms with van der Waals surface area (Å²) in [7, 11) is 1.63. The van der Waals surface area contributed by atoms with E-state index in [4.69, 9.17) is 16.3 Å². The number of nitrogens with one attached hydrogen (secondary N) is 1. The van der Waals surface area contributed by atoms with E-state index in [9.17, 15) is 9.59 Å². The van der Waals surface area contributed by atoms with E-state index in [0.717, 1.165) is 28.9 Å². The molecule has 3 aromatic carbocycles. The zero-order valence-electron chi connectivity index (χ0n) is 19.2. The summed E-state index contributed by atoms with van der Waals surface area (Å²) >= 11 is 7.59. The molecule has 0 unspecified atom stereocenters. The van der Waals surface area contributed by atoms with Gasteiger partial charge >= 0.3 is 0 Å². The van der Waals surface area contributed by atoms with Crippen molar-refractivity contribution in [1.29, 1.82) is 0 Å². The molecule has 1 aliphatic rings. The minimum Gasteiger partial charge on any atom is -0.497 e. The first-order valence-electron chi connectivity index (χ1n) is 11.2. The molecule has 1 fully saturated rings. The van der Waals surface area contributed by atoms with Crippen LogP contribution >= 0.6 is 23.4 Å². The first kappa shape index (κ1) is 24.2. The van der Waals surface area contributed by atoms with E-state index in [2.05, 4.69) is 5.32 Å². The molecule has 5 nitrogen and oxygen atoms in total. The monoisotopic (exact) mass is 494 g/mol. The van der Waals surface area contributed by atoms with Crippen LogP contribution in [0.4, 0.5) is 0 Å². The molecule has 176 valence electrons. The minimum absolute atomic E-state index is 0.0806. The van der Waals surface area contributed by atoms with Gasteiger partial charge in [0.1, 0.15) is 11.1 Å². The summed E-state index contributed by atoms with van der Waals surface area (Å²) in [6, 6.07) is 22.7. The highest BCUT2D eigenvalue weighted by molar-refractivity contribution is 8.00. The van der Waals surface area contributed by atoms with Gasteiger partial charge < -0.3 is 15.0 Å². The van der Waals surface area contributed by atoms with Gasteiger partial charge in [-0.1, -0.05) is 54.9 Å². The van der Waals surface area contributed by atoms with Crippen molar-refractivity contribution in [3.63, 3.8) is 0 Å². The number of rotatable bonds is 8. The lowest BCUT2D eigenvalue weighted by molar-refractivity contribution is -0.128. The van der Waals surface area contributed by atoms with Crippen LogP contribution in [0.3, 0.4) is 0 Å². The van der Waals surface area contributed by atoms with Crippen LogP contribution in [0.5, 0.6) is 5.75 Å². The number of benzene rings is 3. The summed E-state index contributed by atoms with van der Waals surface area (Å²) in [4.78, 5) is 27.3. The first-order chi connectivity index (χ1) is 16.5. The van der Waals surface area contributed by atoms with E-state index in [1.165, 1.54) is 0 Å². The largest absolute Gasteiger partial charge is 0.497 e. The summed E-state index contributed by atoms with van der Waals surface area (Å²) in [6.07, 6.45) is 0.774. The molecule has 1 N–H and O–H groups in total. The Kier molecular flexibility index (Phi) is 7.80. The second-order valence-corrected chi connectivity index (χ2v) is 9.65. The summed E-state index contributed by atoms with van der Waals surface area (Å²) in [5.74, 6) is 1.22. The van der Waals surface area contributed by atoms with Crippen molar-refractivity contribution in [1.82, 2.24) is 10.2 Å². The molecule has 0 spiro atoms. The van der Waals surface area contributed by atoms with E-state index >= 15 is 0 Å². The maximum atomic E-state index is 12.9. The van der Waals surface area contributed by atoms with Gasteiger partial charge in [-0.25, -0.2) is 0 Å². The number of hydrogen-bond acceptors (Lipinski definition) is 4. The molecule has 0 radical (unpaired) electrons. The molecule has 2 atom stereocenters. The molecular weight excluding hydrogens is 468 g/mol. The summed E-state index contributed by atoms with van der Waals surface area (Å²) < 4.78 is 5.22.